The van der Waals surface area contributed by atoms with Crippen molar-refractivity contribution in [2.24, 2.45) is 5.73 Å². The Morgan fingerprint density at radius 2 is 2.08 bits per heavy atom. The van der Waals surface area contributed by atoms with Crippen LogP contribution in [0.4, 0.5) is 15.8 Å². The lowest BCUT2D eigenvalue weighted by Gasteiger charge is -2.28. The minimum atomic E-state index is -0.599. The molecule has 3 rings (SSSR count). The average molecular weight is 329 g/mol. The molecule has 1 aliphatic rings. The Bertz CT molecular complexity index is 794. The van der Waals surface area contributed by atoms with E-state index in [1.54, 1.807) is 36.4 Å². The fourth-order valence-corrected chi connectivity index (χ4v) is 2.48. The number of nitrogens with zero attached hydrogens (tertiary/aromatic N) is 1. The van der Waals surface area contributed by atoms with Gasteiger partial charge in [0.1, 0.15) is 18.1 Å². The molecule has 124 valence electrons. The Morgan fingerprint density at radius 1 is 1.29 bits per heavy atom. The molecule has 0 spiro atoms. The number of primary amides is 1. The van der Waals surface area contributed by atoms with Crippen LogP contribution in [0.5, 0.6) is 5.75 Å². The number of carbonyl (C=O) groups is 2. The molecule has 0 bridgehead atoms. The summed E-state index contributed by atoms with van der Waals surface area (Å²) in [5.74, 6) is -0.738. The smallest absolute Gasteiger partial charge is 0.265 e. The molecular formula is C17H16FN3O3. The van der Waals surface area contributed by atoms with Crippen LogP contribution < -0.4 is 20.7 Å². The maximum Gasteiger partial charge on any atom is 0.265 e. The highest BCUT2D eigenvalue weighted by atomic mass is 19.1. The van der Waals surface area contributed by atoms with Gasteiger partial charge in [-0.25, -0.2) is 4.39 Å². The Labute approximate surface area is 138 Å². The van der Waals surface area contributed by atoms with Crippen molar-refractivity contribution in [2.75, 3.05) is 23.4 Å². The summed E-state index contributed by atoms with van der Waals surface area (Å²) in [7, 11) is 0. The van der Waals surface area contributed by atoms with E-state index in [2.05, 4.69) is 5.32 Å². The van der Waals surface area contributed by atoms with Gasteiger partial charge in [0, 0.05) is 23.9 Å². The summed E-state index contributed by atoms with van der Waals surface area (Å²) in [6.07, 6.45) is 0. The van der Waals surface area contributed by atoms with Crippen molar-refractivity contribution >= 4 is 23.2 Å². The van der Waals surface area contributed by atoms with Crippen molar-refractivity contribution in [3.63, 3.8) is 0 Å². The largest absolute Gasteiger partial charge is 0.481 e. The molecule has 3 N–H and O–H groups in total. The Hall–Kier alpha value is -3.09. The minimum absolute atomic E-state index is 0.156. The van der Waals surface area contributed by atoms with Gasteiger partial charge in [0.25, 0.3) is 5.91 Å². The third-order valence-corrected chi connectivity index (χ3v) is 3.66. The number of nitrogens with one attached hydrogen (secondary N) is 1. The highest BCUT2D eigenvalue weighted by Gasteiger charge is 2.26. The average Bonchev–Trinajstić information content (AvgIpc) is 2.56. The zero-order chi connectivity index (χ0) is 17.1. The van der Waals surface area contributed by atoms with Crippen LogP contribution in [-0.2, 0) is 16.1 Å². The molecule has 0 saturated carbocycles. The first-order chi connectivity index (χ1) is 11.5. The molecule has 7 heteroatoms. The zero-order valence-corrected chi connectivity index (χ0v) is 12.8. The number of amides is 2. The monoisotopic (exact) mass is 329 g/mol. The van der Waals surface area contributed by atoms with E-state index in [0.717, 1.165) is 0 Å². The molecule has 0 atom stereocenters. The number of hydrogen-bond donors (Lipinski definition) is 2. The normalized spacial score (nSPS) is 13.2. The maximum atomic E-state index is 13.6. The molecule has 6 nitrogen and oxygen atoms in total. The Kier molecular flexibility index (Phi) is 4.33. The standard InChI is InChI=1S/C17H16FN3O3/c18-13-4-2-1-3-11(13)8-20-12-5-6-14-15(7-12)24-10-17(23)21(14)9-16(19)22/h1-7,20H,8-10H2,(H2,19,22). The van der Waals surface area contributed by atoms with Crippen LogP contribution in [0.15, 0.2) is 42.5 Å². The molecule has 0 unspecified atom stereocenters. The van der Waals surface area contributed by atoms with Crippen molar-refractivity contribution in [1.29, 1.82) is 0 Å². The van der Waals surface area contributed by atoms with Gasteiger partial charge in [-0.3, -0.25) is 14.5 Å². The van der Waals surface area contributed by atoms with E-state index in [1.807, 2.05) is 0 Å². The van der Waals surface area contributed by atoms with Crippen LogP contribution in [0.25, 0.3) is 0 Å². The first-order valence-electron chi connectivity index (χ1n) is 7.37. The number of benzene rings is 2. The van der Waals surface area contributed by atoms with E-state index in [4.69, 9.17) is 10.5 Å². The summed E-state index contributed by atoms with van der Waals surface area (Å²) in [5.41, 5.74) is 6.92. The summed E-state index contributed by atoms with van der Waals surface area (Å²) >= 11 is 0. The van der Waals surface area contributed by atoms with Gasteiger partial charge >= 0.3 is 0 Å². The Balaban J connectivity index is 1.77. The maximum absolute atomic E-state index is 13.6. The fraction of sp³-hybridized carbons (Fsp3) is 0.176. The molecule has 1 aliphatic heterocycles. The fourth-order valence-electron chi connectivity index (χ4n) is 2.48. The Morgan fingerprint density at radius 3 is 2.83 bits per heavy atom. The lowest BCUT2D eigenvalue weighted by Crippen LogP contribution is -2.43. The second-order valence-electron chi connectivity index (χ2n) is 5.36. The number of halogens is 1. The first-order valence-corrected chi connectivity index (χ1v) is 7.37. The molecule has 0 saturated heterocycles. The van der Waals surface area contributed by atoms with E-state index >= 15 is 0 Å². The van der Waals surface area contributed by atoms with Crippen LogP contribution in [0, 0.1) is 5.82 Å². The van der Waals surface area contributed by atoms with Crippen molar-refractivity contribution in [2.45, 2.75) is 6.54 Å². The molecule has 0 radical (unpaired) electrons. The van der Waals surface area contributed by atoms with Gasteiger partial charge in [0.05, 0.1) is 5.69 Å². The van der Waals surface area contributed by atoms with E-state index in [1.165, 1.54) is 11.0 Å². The van der Waals surface area contributed by atoms with E-state index < -0.39 is 5.91 Å². The van der Waals surface area contributed by atoms with E-state index in [9.17, 15) is 14.0 Å². The summed E-state index contributed by atoms with van der Waals surface area (Å²) in [6.45, 7) is -0.0381. The molecule has 0 aliphatic carbocycles. The molecule has 1 heterocycles. The van der Waals surface area contributed by atoms with Gasteiger partial charge in [-0.1, -0.05) is 18.2 Å². The van der Waals surface area contributed by atoms with Crippen molar-refractivity contribution < 1.29 is 18.7 Å². The molecule has 0 aromatic heterocycles. The van der Waals surface area contributed by atoms with Crippen LogP contribution in [0.1, 0.15) is 5.56 Å². The van der Waals surface area contributed by atoms with Gasteiger partial charge < -0.3 is 15.8 Å². The number of rotatable bonds is 5. The minimum Gasteiger partial charge on any atom is -0.481 e. The van der Waals surface area contributed by atoms with Crippen molar-refractivity contribution in [1.82, 2.24) is 0 Å². The zero-order valence-electron chi connectivity index (χ0n) is 12.8. The number of anilines is 2. The third-order valence-electron chi connectivity index (χ3n) is 3.66. The van der Waals surface area contributed by atoms with Crippen LogP contribution >= 0.6 is 0 Å². The van der Waals surface area contributed by atoms with Crippen molar-refractivity contribution in [3.05, 3.63) is 53.8 Å². The highest BCUT2D eigenvalue weighted by molar-refractivity contribution is 6.02. The van der Waals surface area contributed by atoms with E-state index in [0.29, 0.717) is 29.2 Å². The quantitative estimate of drug-likeness (QED) is 0.873. The number of nitrogens with two attached hydrogens (primary N) is 1. The second-order valence-corrected chi connectivity index (χ2v) is 5.36. The predicted octanol–water partition coefficient (Wildman–Crippen LogP) is 1.65. The lowest BCUT2D eigenvalue weighted by molar-refractivity contribution is -0.124. The number of fused-ring (bicyclic) bond motifs is 1. The van der Waals surface area contributed by atoms with Gasteiger partial charge in [0.2, 0.25) is 5.91 Å². The summed E-state index contributed by atoms with van der Waals surface area (Å²) < 4.78 is 19.0. The molecule has 0 fully saturated rings. The highest BCUT2D eigenvalue weighted by Crippen LogP contribution is 2.34. The molecule has 24 heavy (non-hydrogen) atoms. The lowest BCUT2D eigenvalue weighted by atomic mass is 10.2. The van der Waals surface area contributed by atoms with Crippen molar-refractivity contribution in [3.8, 4) is 5.75 Å². The first kappa shape index (κ1) is 15.8. The van der Waals surface area contributed by atoms with Gasteiger partial charge in [-0.05, 0) is 18.2 Å². The van der Waals surface area contributed by atoms with Gasteiger partial charge in [-0.2, -0.15) is 0 Å². The van der Waals surface area contributed by atoms with Gasteiger partial charge in [-0.15, -0.1) is 0 Å². The summed E-state index contributed by atoms with van der Waals surface area (Å²) in [5, 5.41) is 3.10. The molecule has 2 aromatic carbocycles. The third kappa shape index (κ3) is 3.29. The van der Waals surface area contributed by atoms with E-state index in [-0.39, 0.29) is 24.9 Å². The summed E-state index contributed by atoms with van der Waals surface area (Å²) in [6, 6.07) is 11.6. The number of carbonyl (C=O) groups excluding carboxylic acids is 2. The SMILES string of the molecule is NC(=O)CN1C(=O)COc2cc(NCc3ccccc3F)ccc21. The number of hydrogen-bond acceptors (Lipinski definition) is 4. The summed E-state index contributed by atoms with van der Waals surface area (Å²) in [4.78, 5) is 24.3. The van der Waals surface area contributed by atoms with Crippen LogP contribution in [0.2, 0.25) is 0 Å². The van der Waals surface area contributed by atoms with Crippen LogP contribution in [0.3, 0.4) is 0 Å². The molecule has 2 amide bonds. The number of ether oxygens (including phenoxy) is 1. The second kappa shape index (κ2) is 6.57. The molecular weight excluding hydrogens is 313 g/mol. The molecule has 2 aromatic rings. The van der Waals surface area contributed by atoms with Crippen LogP contribution in [-0.4, -0.2) is 25.0 Å². The topological polar surface area (TPSA) is 84.7 Å². The van der Waals surface area contributed by atoms with Gasteiger partial charge in [0.15, 0.2) is 6.61 Å². The predicted molar refractivity (Wildman–Crippen MR) is 87.2 cm³/mol.